The number of rotatable bonds is 6. The summed E-state index contributed by atoms with van der Waals surface area (Å²) in [6.45, 7) is 3.56. The Kier molecular flexibility index (Phi) is 5.46. The van der Waals surface area contributed by atoms with Crippen molar-refractivity contribution in [1.29, 1.82) is 0 Å². The Morgan fingerprint density at radius 2 is 1.80 bits per heavy atom. The summed E-state index contributed by atoms with van der Waals surface area (Å²) < 4.78 is 1.85. The number of aryl methyl sites for hydroxylation is 2. The Bertz CT molecular complexity index is 561. The molecule has 1 N–H and O–H groups in total. The number of nitrogens with zero attached hydrogens (tertiary/aromatic N) is 2. The van der Waals surface area contributed by atoms with Crippen molar-refractivity contribution in [2.24, 2.45) is 7.05 Å². The van der Waals surface area contributed by atoms with Gasteiger partial charge in [-0.1, -0.05) is 42.8 Å². The Hall–Kier alpha value is -1.03. The molecule has 0 radical (unpaired) electrons. The fraction of sp³-hybridized carbons (Fsp3) is 0.400. The molecule has 0 unspecified atom stereocenters. The van der Waals surface area contributed by atoms with Gasteiger partial charge in [-0.2, -0.15) is 5.10 Å². The van der Waals surface area contributed by atoms with Crippen LogP contribution in [0.2, 0.25) is 5.02 Å². The molecule has 0 fully saturated rings. The van der Waals surface area contributed by atoms with E-state index in [-0.39, 0.29) is 0 Å². The van der Waals surface area contributed by atoms with Crippen molar-refractivity contribution in [1.82, 2.24) is 15.1 Å². The molecule has 20 heavy (non-hydrogen) atoms. The molecule has 5 heteroatoms. The molecule has 0 aliphatic heterocycles. The van der Waals surface area contributed by atoms with E-state index in [0.29, 0.717) is 12.4 Å². The van der Waals surface area contributed by atoms with E-state index in [1.807, 2.05) is 11.7 Å². The van der Waals surface area contributed by atoms with Crippen LogP contribution in [0.15, 0.2) is 24.3 Å². The SMILES string of the molecule is CCc1nn(C)c(CNCc2ccc(CCl)cc2)c1Cl. The van der Waals surface area contributed by atoms with E-state index in [0.717, 1.165) is 34.9 Å². The van der Waals surface area contributed by atoms with E-state index in [9.17, 15) is 0 Å². The lowest BCUT2D eigenvalue weighted by atomic mass is 10.1. The Labute approximate surface area is 129 Å². The number of aromatic nitrogens is 2. The standard InChI is InChI=1S/C15H19Cl2N3/c1-3-13-15(17)14(20(2)19-13)10-18-9-12-6-4-11(8-16)5-7-12/h4-7,18H,3,8-10H2,1-2H3. The summed E-state index contributed by atoms with van der Waals surface area (Å²) in [5, 5.41) is 8.58. The van der Waals surface area contributed by atoms with Crippen molar-refractivity contribution in [2.75, 3.05) is 0 Å². The number of hydrogen-bond donors (Lipinski definition) is 1. The summed E-state index contributed by atoms with van der Waals surface area (Å²) in [5.41, 5.74) is 4.35. The summed E-state index contributed by atoms with van der Waals surface area (Å²) >= 11 is 12.1. The highest BCUT2D eigenvalue weighted by Crippen LogP contribution is 2.20. The molecule has 0 spiro atoms. The van der Waals surface area contributed by atoms with Crippen LogP contribution in [-0.4, -0.2) is 9.78 Å². The Balaban J connectivity index is 1.94. The predicted molar refractivity (Wildman–Crippen MR) is 84.1 cm³/mol. The van der Waals surface area contributed by atoms with Crippen LogP contribution in [0.25, 0.3) is 0 Å². The topological polar surface area (TPSA) is 29.9 Å². The molecule has 1 aromatic carbocycles. The van der Waals surface area contributed by atoms with Crippen LogP contribution in [0.1, 0.15) is 29.4 Å². The van der Waals surface area contributed by atoms with Gasteiger partial charge in [-0.25, -0.2) is 0 Å². The van der Waals surface area contributed by atoms with Gasteiger partial charge < -0.3 is 5.32 Å². The van der Waals surface area contributed by atoms with E-state index in [2.05, 4.69) is 41.6 Å². The summed E-state index contributed by atoms with van der Waals surface area (Å²) in [6, 6.07) is 8.28. The van der Waals surface area contributed by atoms with Gasteiger partial charge in [0.25, 0.3) is 0 Å². The van der Waals surface area contributed by atoms with E-state index in [4.69, 9.17) is 23.2 Å². The van der Waals surface area contributed by atoms with Crippen molar-refractivity contribution in [3.63, 3.8) is 0 Å². The van der Waals surface area contributed by atoms with E-state index in [1.165, 1.54) is 5.56 Å². The zero-order chi connectivity index (χ0) is 14.5. The fourth-order valence-electron chi connectivity index (χ4n) is 2.08. The number of alkyl halides is 1. The monoisotopic (exact) mass is 311 g/mol. The maximum Gasteiger partial charge on any atom is 0.0863 e. The molecule has 0 amide bonds. The molecule has 3 nitrogen and oxygen atoms in total. The number of nitrogens with one attached hydrogen (secondary N) is 1. The van der Waals surface area contributed by atoms with Gasteiger partial charge in [0, 0.05) is 26.0 Å². The Morgan fingerprint density at radius 3 is 2.35 bits per heavy atom. The van der Waals surface area contributed by atoms with Gasteiger partial charge >= 0.3 is 0 Å². The fourth-order valence-corrected chi connectivity index (χ4v) is 2.62. The quantitative estimate of drug-likeness (QED) is 0.825. The molecule has 0 atom stereocenters. The first kappa shape index (κ1) is 15.4. The second-order valence-electron chi connectivity index (χ2n) is 4.74. The smallest absolute Gasteiger partial charge is 0.0863 e. The van der Waals surface area contributed by atoms with Crippen LogP contribution in [0.3, 0.4) is 0 Å². The van der Waals surface area contributed by atoms with Crippen molar-refractivity contribution < 1.29 is 0 Å². The molecule has 0 aliphatic rings. The highest BCUT2D eigenvalue weighted by atomic mass is 35.5. The third-order valence-corrected chi connectivity index (χ3v) is 4.05. The van der Waals surface area contributed by atoms with Gasteiger partial charge in [-0.15, -0.1) is 11.6 Å². The molecule has 2 aromatic rings. The molecule has 108 valence electrons. The van der Waals surface area contributed by atoms with E-state index < -0.39 is 0 Å². The first-order chi connectivity index (χ1) is 9.65. The van der Waals surface area contributed by atoms with Crippen molar-refractivity contribution >= 4 is 23.2 Å². The zero-order valence-electron chi connectivity index (χ0n) is 11.8. The average Bonchev–Trinajstić information content (AvgIpc) is 2.75. The van der Waals surface area contributed by atoms with Crippen molar-refractivity contribution in [3.8, 4) is 0 Å². The zero-order valence-corrected chi connectivity index (χ0v) is 13.3. The molecular weight excluding hydrogens is 293 g/mol. The minimum atomic E-state index is 0.554. The molecule has 0 saturated heterocycles. The molecule has 2 rings (SSSR count). The molecule has 0 saturated carbocycles. The summed E-state index contributed by atoms with van der Waals surface area (Å²) in [5.74, 6) is 0.554. The lowest BCUT2D eigenvalue weighted by Crippen LogP contribution is -2.15. The lowest BCUT2D eigenvalue weighted by Gasteiger charge is -2.06. The first-order valence-electron chi connectivity index (χ1n) is 6.70. The third-order valence-electron chi connectivity index (χ3n) is 3.30. The number of hydrogen-bond acceptors (Lipinski definition) is 2. The average molecular weight is 312 g/mol. The predicted octanol–water partition coefficient (Wildman–Crippen LogP) is 3.66. The molecule has 1 heterocycles. The van der Waals surface area contributed by atoms with Crippen LogP contribution in [0, 0.1) is 0 Å². The largest absolute Gasteiger partial charge is 0.307 e. The van der Waals surface area contributed by atoms with Crippen LogP contribution in [0.5, 0.6) is 0 Å². The van der Waals surface area contributed by atoms with Gasteiger partial charge in [0.15, 0.2) is 0 Å². The Morgan fingerprint density at radius 1 is 1.15 bits per heavy atom. The minimum Gasteiger partial charge on any atom is -0.307 e. The van der Waals surface area contributed by atoms with Crippen LogP contribution >= 0.6 is 23.2 Å². The lowest BCUT2D eigenvalue weighted by molar-refractivity contribution is 0.623. The minimum absolute atomic E-state index is 0.554. The highest BCUT2D eigenvalue weighted by molar-refractivity contribution is 6.31. The van der Waals surface area contributed by atoms with E-state index >= 15 is 0 Å². The molecule has 0 bridgehead atoms. The maximum absolute atomic E-state index is 6.31. The van der Waals surface area contributed by atoms with Gasteiger partial charge in [0.2, 0.25) is 0 Å². The second-order valence-corrected chi connectivity index (χ2v) is 5.38. The molecule has 0 aliphatic carbocycles. The summed E-state index contributed by atoms with van der Waals surface area (Å²) in [6.07, 6.45) is 0.854. The van der Waals surface area contributed by atoms with Gasteiger partial charge in [-0.05, 0) is 17.5 Å². The van der Waals surface area contributed by atoms with Gasteiger partial charge in [0.1, 0.15) is 0 Å². The second kappa shape index (κ2) is 7.11. The molecular formula is C15H19Cl2N3. The normalized spacial score (nSPS) is 11.0. The van der Waals surface area contributed by atoms with Crippen LogP contribution in [-0.2, 0) is 32.4 Å². The third kappa shape index (κ3) is 3.54. The number of halogens is 2. The highest BCUT2D eigenvalue weighted by Gasteiger charge is 2.12. The van der Waals surface area contributed by atoms with Crippen LogP contribution in [0.4, 0.5) is 0 Å². The van der Waals surface area contributed by atoms with Crippen LogP contribution < -0.4 is 5.32 Å². The molecule has 1 aromatic heterocycles. The van der Waals surface area contributed by atoms with Crippen molar-refractivity contribution in [3.05, 3.63) is 51.8 Å². The maximum atomic E-state index is 6.31. The van der Waals surface area contributed by atoms with E-state index in [1.54, 1.807) is 0 Å². The first-order valence-corrected chi connectivity index (χ1v) is 7.61. The summed E-state index contributed by atoms with van der Waals surface area (Å²) in [7, 11) is 1.93. The number of benzene rings is 1. The summed E-state index contributed by atoms with van der Waals surface area (Å²) in [4.78, 5) is 0. The van der Waals surface area contributed by atoms with Gasteiger partial charge in [-0.3, -0.25) is 4.68 Å². The van der Waals surface area contributed by atoms with Gasteiger partial charge in [0.05, 0.1) is 16.4 Å². The van der Waals surface area contributed by atoms with Crippen molar-refractivity contribution in [2.45, 2.75) is 32.3 Å².